The van der Waals surface area contributed by atoms with Crippen LogP contribution in [0.1, 0.15) is 5.69 Å². The maximum Gasteiger partial charge on any atom is 0.270 e. The standard InChI is InChI=1S/C15H12Cl2N4O2/c1-20-11(7-12(16)15(20)17)8-18-14-5-2-9-6-10(21(22)23)3-4-13(9)19-14/h2-7H,8H2,1H3,(H,18,19). The first kappa shape index (κ1) is 15.6. The molecule has 0 aliphatic rings. The summed E-state index contributed by atoms with van der Waals surface area (Å²) in [7, 11) is 1.83. The minimum absolute atomic E-state index is 0.0492. The molecule has 0 amide bonds. The van der Waals surface area contributed by atoms with Crippen LogP contribution in [-0.2, 0) is 13.6 Å². The topological polar surface area (TPSA) is 73.0 Å². The van der Waals surface area contributed by atoms with E-state index in [-0.39, 0.29) is 5.69 Å². The molecule has 0 aliphatic carbocycles. The lowest BCUT2D eigenvalue weighted by molar-refractivity contribution is -0.384. The number of hydrogen-bond acceptors (Lipinski definition) is 4. The highest BCUT2D eigenvalue weighted by atomic mass is 35.5. The molecule has 0 saturated carbocycles. The van der Waals surface area contributed by atoms with E-state index in [1.165, 1.54) is 12.1 Å². The summed E-state index contributed by atoms with van der Waals surface area (Å²) in [4.78, 5) is 14.8. The van der Waals surface area contributed by atoms with Crippen LogP contribution in [0.5, 0.6) is 0 Å². The molecule has 118 valence electrons. The van der Waals surface area contributed by atoms with Crippen LogP contribution in [0.15, 0.2) is 36.4 Å². The molecule has 3 aromatic rings. The van der Waals surface area contributed by atoms with Crippen molar-refractivity contribution in [3.63, 3.8) is 0 Å². The average molecular weight is 351 g/mol. The number of benzene rings is 1. The Kier molecular flexibility index (Phi) is 4.11. The van der Waals surface area contributed by atoms with Crippen molar-refractivity contribution in [3.05, 3.63) is 62.4 Å². The fourth-order valence-electron chi connectivity index (χ4n) is 2.26. The number of fused-ring (bicyclic) bond motifs is 1. The maximum atomic E-state index is 10.8. The second-order valence-corrected chi connectivity index (χ2v) is 5.78. The highest BCUT2D eigenvalue weighted by Gasteiger charge is 2.10. The first-order valence-corrected chi connectivity index (χ1v) is 7.50. The number of nitro groups is 1. The third kappa shape index (κ3) is 3.09. The molecule has 1 N–H and O–H groups in total. The second-order valence-electron chi connectivity index (χ2n) is 5.02. The van der Waals surface area contributed by atoms with E-state index in [1.807, 2.05) is 7.05 Å². The van der Waals surface area contributed by atoms with Gasteiger partial charge in [0.25, 0.3) is 5.69 Å². The fourth-order valence-corrected chi connectivity index (χ4v) is 2.68. The molecule has 2 aromatic heterocycles. The molecule has 0 spiro atoms. The van der Waals surface area contributed by atoms with Crippen LogP contribution in [0.2, 0.25) is 10.2 Å². The molecular formula is C15H12Cl2N4O2. The molecule has 6 nitrogen and oxygen atoms in total. The predicted molar refractivity (Wildman–Crippen MR) is 91.2 cm³/mol. The Morgan fingerprint density at radius 3 is 2.70 bits per heavy atom. The number of pyridine rings is 1. The van der Waals surface area contributed by atoms with Gasteiger partial charge in [-0.3, -0.25) is 10.1 Å². The Morgan fingerprint density at radius 1 is 1.26 bits per heavy atom. The van der Waals surface area contributed by atoms with E-state index < -0.39 is 4.92 Å². The van der Waals surface area contributed by atoms with Gasteiger partial charge in [-0.2, -0.15) is 0 Å². The van der Waals surface area contributed by atoms with Crippen LogP contribution < -0.4 is 5.32 Å². The number of nitrogens with zero attached hydrogens (tertiary/aromatic N) is 3. The zero-order chi connectivity index (χ0) is 16.6. The number of rotatable bonds is 4. The highest BCUT2D eigenvalue weighted by Crippen LogP contribution is 2.26. The van der Waals surface area contributed by atoms with Gasteiger partial charge in [0.1, 0.15) is 11.0 Å². The predicted octanol–water partition coefficient (Wildman–Crippen LogP) is 4.40. The van der Waals surface area contributed by atoms with Crippen molar-refractivity contribution in [2.45, 2.75) is 6.54 Å². The number of aromatic nitrogens is 2. The summed E-state index contributed by atoms with van der Waals surface area (Å²) in [6.45, 7) is 0.508. The summed E-state index contributed by atoms with van der Waals surface area (Å²) in [6.07, 6.45) is 0. The lowest BCUT2D eigenvalue weighted by Crippen LogP contribution is -2.05. The third-order valence-electron chi connectivity index (χ3n) is 3.55. The van der Waals surface area contributed by atoms with Gasteiger partial charge in [-0.25, -0.2) is 4.98 Å². The summed E-state index contributed by atoms with van der Waals surface area (Å²) in [6, 6.07) is 9.94. The number of halogens is 2. The number of non-ortho nitro benzene ring substituents is 1. The summed E-state index contributed by atoms with van der Waals surface area (Å²) >= 11 is 12.0. The molecule has 0 radical (unpaired) electrons. The summed E-state index contributed by atoms with van der Waals surface area (Å²) in [5.74, 6) is 0.666. The van der Waals surface area contributed by atoms with Gasteiger partial charge in [0, 0.05) is 30.3 Å². The molecule has 0 aliphatic heterocycles. The molecule has 0 bridgehead atoms. The molecule has 0 atom stereocenters. The quantitative estimate of drug-likeness (QED) is 0.559. The Bertz CT molecular complexity index is 908. The first-order chi connectivity index (χ1) is 11.0. The van der Waals surface area contributed by atoms with Gasteiger partial charge in [-0.1, -0.05) is 23.2 Å². The SMILES string of the molecule is Cn1c(CNc2ccc3cc([N+](=O)[O-])ccc3n2)cc(Cl)c1Cl. The van der Waals surface area contributed by atoms with Gasteiger partial charge >= 0.3 is 0 Å². The van der Waals surface area contributed by atoms with Crippen LogP contribution in [0.25, 0.3) is 10.9 Å². The summed E-state index contributed by atoms with van der Waals surface area (Å²) < 4.78 is 1.79. The molecular weight excluding hydrogens is 339 g/mol. The molecule has 3 rings (SSSR count). The second kappa shape index (κ2) is 6.06. The van der Waals surface area contributed by atoms with E-state index in [4.69, 9.17) is 23.2 Å². The zero-order valence-corrected chi connectivity index (χ0v) is 13.6. The molecule has 23 heavy (non-hydrogen) atoms. The molecule has 8 heteroatoms. The third-order valence-corrected chi connectivity index (χ3v) is 4.39. The van der Waals surface area contributed by atoms with Crippen LogP contribution in [-0.4, -0.2) is 14.5 Å². The Balaban J connectivity index is 1.82. The molecule has 0 saturated heterocycles. The average Bonchev–Trinajstić information content (AvgIpc) is 2.79. The number of nitro benzene ring substituents is 1. The fraction of sp³-hybridized carbons (Fsp3) is 0.133. The highest BCUT2D eigenvalue weighted by molar-refractivity contribution is 6.41. The van der Waals surface area contributed by atoms with E-state index in [1.54, 1.807) is 28.8 Å². The van der Waals surface area contributed by atoms with Crippen molar-refractivity contribution in [2.24, 2.45) is 7.05 Å². The van der Waals surface area contributed by atoms with E-state index in [0.717, 1.165) is 11.1 Å². The Hall–Kier alpha value is -2.31. The van der Waals surface area contributed by atoms with E-state index >= 15 is 0 Å². The van der Waals surface area contributed by atoms with Crippen LogP contribution in [0.4, 0.5) is 11.5 Å². The molecule has 0 fully saturated rings. The lowest BCUT2D eigenvalue weighted by Gasteiger charge is -2.08. The first-order valence-electron chi connectivity index (χ1n) is 6.74. The number of anilines is 1. The monoisotopic (exact) mass is 350 g/mol. The van der Waals surface area contributed by atoms with Crippen LogP contribution in [0.3, 0.4) is 0 Å². The smallest absolute Gasteiger partial charge is 0.270 e. The molecule has 0 unspecified atom stereocenters. The van der Waals surface area contributed by atoms with E-state index in [0.29, 0.717) is 28.1 Å². The van der Waals surface area contributed by atoms with Crippen molar-refractivity contribution in [1.82, 2.24) is 9.55 Å². The summed E-state index contributed by atoms with van der Waals surface area (Å²) in [5, 5.41) is 15.7. The maximum absolute atomic E-state index is 10.8. The number of hydrogen-bond donors (Lipinski definition) is 1. The van der Waals surface area contributed by atoms with Crippen LogP contribution >= 0.6 is 23.2 Å². The minimum atomic E-state index is -0.422. The van der Waals surface area contributed by atoms with Gasteiger partial charge in [0.05, 0.1) is 22.0 Å². The van der Waals surface area contributed by atoms with Crippen molar-refractivity contribution in [2.75, 3.05) is 5.32 Å². The van der Waals surface area contributed by atoms with E-state index in [9.17, 15) is 10.1 Å². The molecule has 2 heterocycles. The van der Waals surface area contributed by atoms with E-state index in [2.05, 4.69) is 10.3 Å². The zero-order valence-electron chi connectivity index (χ0n) is 12.1. The van der Waals surface area contributed by atoms with Crippen molar-refractivity contribution in [1.29, 1.82) is 0 Å². The minimum Gasteiger partial charge on any atom is -0.364 e. The largest absolute Gasteiger partial charge is 0.364 e. The van der Waals surface area contributed by atoms with Gasteiger partial charge in [-0.05, 0) is 24.3 Å². The normalized spacial score (nSPS) is 10.9. The van der Waals surface area contributed by atoms with Gasteiger partial charge in [-0.15, -0.1) is 0 Å². The Labute approximate surface area is 141 Å². The Morgan fingerprint density at radius 2 is 2.04 bits per heavy atom. The van der Waals surface area contributed by atoms with Crippen molar-refractivity contribution in [3.8, 4) is 0 Å². The van der Waals surface area contributed by atoms with Crippen molar-refractivity contribution >= 4 is 45.6 Å². The van der Waals surface area contributed by atoms with Gasteiger partial charge in [0.2, 0.25) is 0 Å². The van der Waals surface area contributed by atoms with Crippen LogP contribution in [0, 0.1) is 10.1 Å². The van der Waals surface area contributed by atoms with Gasteiger partial charge in [0.15, 0.2) is 0 Å². The lowest BCUT2D eigenvalue weighted by atomic mass is 10.2. The van der Waals surface area contributed by atoms with Gasteiger partial charge < -0.3 is 9.88 Å². The molecule has 1 aromatic carbocycles. The number of nitrogens with one attached hydrogen (secondary N) is 1. The van der Waals surface area contributed by atoms with Crippen molar-refractivity contribution < 1.29 is 4.92 Å². The summed E-state index contributed by atoms with van der Waals surface area (Å²) in [5.41, 5.74) is 1.65.